The number of hydrogen-bond acceptors (Lipinski definition) is 6. The number of carbonyl (C=O) groups excluding carboxylic acids is 3. The Bertz CT molecular complexity index is 910. The summed E-state index contributed by atoms with van der Waals surface area (Å²) in [7, 11) is 0. The summed E-state index contributed by atoms with van der Waals surface area (Å²) in [4.78, 5) is 39.8. The largest absolute Gasteiger partial charge is 0.459 e. The number of nitriles is 1. The normalized spacial score (nSPS) is 14.0. The van der Waals surface area contributed by atoms with Gasteiger partial charge < -0.3 is 20.0 Å². The van der Waals surface area contributed by atoms with E-state index in [2.05, 4.69) is 21.6 Å². The molecule has 0 radical (unpaired) electrons. The molecule has 0 atom stereocenters. The quantitative estimate of drug-likeness (QED) is 0.681. The van der Waals surface area contributed by atoms with Crippen LogP contribution in [0, 0.1) is 11.3 Å². The molecule has 1 aliphatic rings. The molecule has 0 bridgehead atoms. The standard InChI is InChI=1S/C21H23N5O4/c22-12-16-3-5-17(6-4-16)15-25-7-9-26(10-8-25)20(28)14-23-19(27)13-24-21(29)18-2-1-11-30-18/h1-6,11H,7-10,13-15H2,(H,23,27)(H,24,29). The van der Waals surface area contributed by atoms with Crippen LogP contribution >= 0.6 is 0 Å². The van der Waals surface area contributed by atoms with Gasteiger partial charge in [0.15, 0.2) is 5.76 Å². The van der Waals surface area contributed by atoms with E-state index in [1.54, 1.807) is 23.1 Å². The van der Waals surface area contributed by atoms with E-state index in [0.717, 1.165) is 25.2 Å². The maximum atomic E-state index is 12.3. The van der Waals surface area contributed by atoms with E-state index in [0.29, 0.717) is 18.7 Å². The van der Waals surface area contributed by atoms with Crippen LogP contribution in [0.3, 0.4) is 0 Å². The van der Waals surface area contributed by atoms with Crippen LogP contribution in [0.25, 0.3) is 0 Å². The SMILES string of the molecule is N#Cc1ccc(CN2CCN(C(=O)CNC(=O)CNC(=O)c3ccco3)CC2)cc1. The zero-order chi connectivity index (χ0) is 21.3. The third-order valence-corrected chi connectivity index (χ3v) is 4.81. The number of carbonyl (C=O) groups is 3. The van der Waals surface area contributed by atoms with Crippen LogP contribution in [0.2, 0.25) is 0 Å². The van der Waals surface area contributed by atoms with Crippen molar-refractivity contribution in [3.63, 3.8) is 0 Å². The summed E-state index contributed by atoms with van der Waals surface area (Å²) in [6, 6.07) is 12.7. The van der Waals surface area contributed by atoms with Gasteiger partial charge in [0.25, 0.3) is 5.91 Å². The second-order valence-corrected chi connectivity index (χ2v) is 6.90. The Labute approximate surface area is 174 Å². The first-order valence-corrected chi connectivity index (χ1v) is 9.63. The van der Waals surface area contributed by atoms with Crippen molar-refractivity contribution in [3.8, 4) is 6.07 Å². The smallest absolute Gasteiger partial charge is 0.287 e. The molecule has 0 saturated carbocycles. The minimum absolute atomic E-state index is 0.106. The molecule has 0 spiro atoms. The molecule has 1 saturated heterocycles. The van der Waals surface area contributed by atoms with Crippen molar-refractivity contribution in [1.29, 1.82) is 5.26 Å². The van der Waals surface area contributed by atoms with Crippen LogP contribution < -0.4 is 10.6 Å². The average molecular weight is 409 g/mol. The number of furan rings is 1. The number of piperazine rings is 1. The van der Waals surface area contributed by atoms with Crippen molar-refractivity contribution in [2.45, 2.75) is 6.54 Å². The number of amides is 3. The summed E-state index contributed by atoms with van der Waals surface area (Å²) in [5, 5.41) is 13.8. The van der Waals surface area contributed by atoms with Gasteiger partial charge in [-0.2, -0.15) is 5.26 Å². The topological polar surface area (TPSA) is 119 Å². The van der Waals surface area contributed by atoms with Gasteiger partial charge in [0.05, 0.1) is 31.0 Å². The first-order valence-electron chi connectivity index (χ1n) is 9.63. The number of benzene rings is 1. The predicted octanol–water partition coefficient (Wildman–Crippen LogP) is 0.342. The first-order chi connectivity index (χ1) is 14.5. The molecule has 156 valence electrons. The van der Waals surface area contributed by atoms with Crippen molar-refractivity contribution in [1.82, 2.24) is 20.4 Å². The van der Waals surface area contributed by atoms with Crippen molar-refractivity contribution in [3.05, 3.63) is 59.5 Å². The predicted molar refractivity (Wildman–Crippen MR) is 107 cm³/mol. The van der Waals surface area contributed by atoms with Gasteiger partial charge in [0.2, 0.25) is 11.8 Å². The minimum Gasteiger partial charge on any atom is -0.459 e. The summed E-state index contributed by atoms with van der Waals surface area (Å²) < 4.78 is 4.94. The van der Waals surface area contributed by atoms with E-state index in [4.69, 9.17) is 9.68 Å². The monoisotopic (exact) mass is 409 g/mol. The lowest BCUT2D eigenvalue weighted by Gasteiger charge is -2.34. The molecule has 2 aromatic rings. The molecular formula is C21H23N5O4. The lowest BCUT2D eigenvalue weighted by atomic mass is 10.1. The fourth-order valence-electron chi connectivity index (χ4n) is 3.10. The molecule has 9 heteroatoms. The fraction of sp³-hybridized carbons (Fsp3) is 0.333. The van der Waals surface area contributed by atoms with E-state index in [-0.39, 0.29) is 24.8 Å². The molecule has 3 rings (SSSR count). The van der Waals surface area contributed by atoms with Crippen molar-refractivity contribution in [2.75, 3.05) is 39.3 Å². The Morgan fingerprint density at radius 2 is 1.73 bits per heavy atom. The molecule has 30 heavy (non-hydrogen) atoms. The fourth-order valence-corrected chi connectivity index (χ4v) is 3.10. The molecule has 1 aromatic carbocycles. The Morgan fingerprint density at radius 1 is 1.00 bits per heavy atom. The van der Waals surface area contributed by atoms with Crippen LogP contribution in [-0.2, 0) is 16.1 Å². The summed E-state index contributed by atoms with van der Waals surface area (Å²) in [6.45, 7) is 3.06. The highest BCUT2D eigenvalue weighted by molar-refractivity contribution is 5.94. The van der Waals surface area contributed by atoms with Crippen molar-refractivity contribution in [2.24, 2.45) is 0 Å². The van der Waals surface area contributed by atoms with Gasteiger partial charge >= 0.3 is 0 Å². The molecular weight excluding hydrogens is 386 g/mol. The van der Waals surface area contributed by atoms with Crippen LogP contribution in [0.5, 0.6) is 0 Å². The van der Waals surface area contributed by atoms with E-state index in [1.807, 2.05) is 12.1 Å². The number of hydrogen-bond donors (Lipinski definition) is 2. The van der Waals surface area contributed by atoms with E-state index >= 15 is 0 Å². The van der Waals surface area contributed by atoms with Crippen LogP contribution in [0.4, 0.5) is 0 Å². The molecule has 2 heterocycles. The zero-order valence-corrected chi connectivity index (χ0v) is 16.5. The molecule has 3 amide bonds. The van der Waals surface area contributed by atoms with Gasteiger partial charge in [-0.25, -0.2) is 0 Å². The molecule has 0 aliphatic carbocycles. The van der Waals surface area contributed by atoms with E-state index in [1.165, 1.54) is 12.3 Å². The molecule has 9 nitrogen and oxygen atoms in total. The summed E-state index contributed by atoms with van der Waals surface area (Å²) in [6.07, 6.45) is 1.37. The number of rotatable bonds is 7. The number of nitrogens with zero attached hydrogens (tertiary/aromatic N) is 3. The third-order valence-electron chi connectivity index (χ3n) is 4.81. The second kappa shape index (κ2) is 10.2. The molecule has 1 fully saturated rings. The number of nitrogens with one attached hydrogen (secondary N) is 2. The van der Waals surface area contributed by atoms with Gasteiger partial charge in [0.1, 0.15) is 0 Å². The van der Waals surface area contributed by atoms with E-state index in [9.17, 15) is 14.4 Å². The Balaban J connectivity index is 1.34. The average Bonchev–Trinajstić information content (AvgIpc) is 3.32. The minimum atomic E-state index is -0.486. The summed E-state index contributed by atoms with van der Waals surface area (Å²) in [5.74, 6) is -0.959. The Hall–Kier alpha value is -3.64. The highest BCUT2D eigenvalue weighted by Gasteiger charge is 2.21. The third kappa shape index (κ3) is 5.93. The Morgan fingerprint density at radius 3 is 2.37 bits per heavy atom. The maximum absolute atomic E-state index is 12.3. The summed E-state index contributed by atoms with van der Waals surface area (Å²) >= 11 is 0. The van der Waals surface area contributed by atoms with Gasteiger partial charge in [-0.15, -0.1) is 0 Å². The highest BCUT2D eigenvalue weighted by Crippen LogP contribution is 2.10. The molecule has 1 aliphatic heterocycles. The lowest BCUT2D eigenvalue weighted by Crippen LogP contribution is -2.51. The molecule has 0 unspecified atom stereocenters. The van der Waals surface area contributed by atoms with Crippen LogP contribution in [0.1, 0.15) is 21.7 Å². The van der Waals surface area contributed by atoms with Gasteiger partial charge in [-0.1, -0.05) is 12.1 Å². The van der Waals surface area contributed by atoms with Crippen molar-refractivity contribution < 1.29 is 18.8 Å². The zero-order valence-electron chi connectivity index (χ0n) is 16.5. The van der Waals surface area contributed by atoms with Crippen LogP contribution in [-0.4, -0.2) is 66.8 Å². The van der Waals surface area contributed by atoms with Gasteiger partial charge in [-0.3, -0.25) is 19.3 Å². The maximum Gasteiger partial charge on any atom is 0.287 e. The molecule has 1 aromatic heterocycles. The first kappa shape index (κ1) is 21.1. The second-order valence-electron chi connectivity index (χ2n) is 6.90. The van der Waals surface area contributed by atoms with Gasteiger partial charge in [0, 0.05) is 32.7 Å². The Kier molecular flexibility index (Phi) is 7.19. The molecule has 2 N–H and O–H groups in total. The van der Waals surface area contributed by atoms with Crippen molar-refractivity contribution >= 4 is 17.7 Å². The van der Waals surface area contributed by atoms with E-state index < -0.39 is 11.8 Å². The highest BCUT2D eigenvalue weighted by atomic mass is 16.3. The lowest BCUT2D eigenvalue weighted by molar-refractivity contribution is -0.134. The summed E-state index contributed by atoms with van der Waals surface area (Å²) in [5.41, 5.74) is 1.76. The van der Waals surface area contributed by atoms with Crippen LogP contribution in [0.15, 0.2) is 47.1 Å². The van der Waals surface area contributed by atoms with Gasteiger partial charge in [-0.05, 0) is 29.8 Å².